The van der Waals surface area contributed by atoms with E-state index in [0.717, 1.165) is 5.56 Å². The first-order chi connectivity index (χ1) is 11.7. The highest BCUT2D eigenvalue weighted by Gasteiger charge is 1.99. The van der Waals surface area contributed by atoms with Crippen molar-refractivity contribution in [2.24, 2.45) is 5.73 Å². The molecule has 6 heteroatoms. The second-order valence-electron chi connectivity index (χ2n) is 5.67. The van der Waals surface area contributed by atoms with Gasteiger partial charge in [0.25, 0.3) is 0 Å². The summed E-state index contributed by atoms with van der Waals surface area (Å²) in [6.07, 6.45) is 1.97. The first-order valence-electron chi connectivity index (χ1n) is 8.37. The van der Waals surface area contributed by atoms with Gasteiger partial charge in [-0.25, -0.2) is 4.79 Å². The van der Waals surface area contributed by atoms with Crippen LogP contribution in [0.25, 0.3) is 0 Å². The zero-order valence-corrected chi connectivity index (χ0v) is 16.2. The molecule has 0 aliphatic heterocycles. The summed E-state index contributed by atoms with van der Waals surface area (Å²) in [5.41, 5.74) is 6.69. The predicted octanol–water partition coefficient (Wildman–Crippen LogP) is 2.68. The van der Waals surface area contributed by atoms with Crippen LogP contribution in [0.5, 0.6) is 11.5 Å². The summed E-state index contributed by atoms with van der Waals surface area (Å²) in [5, 5.41) is 18.0. The molecule has 0 aromatic heterocycles. The van der Waals surface area contributed by atoms with Crippen molar-refractivity contribution >= 4 is 5.97 Å². The molecule has 1 aromatic carbocycles. The van der Waals surface area contributed by atoms with E-state index in [1.807, 2.05) is 0 Å². The maximum Gasteiger partial charge on any atom is 0.333 e. The maximum atomic E-state index is 10.4. The van der Waals surface area contributed by atoms with Crippen molar-refractivity contribution in [1.82, 2.24) is 4.90 Å². The second kappa shape index (κ2) is 15.5. The third-order valence-corrected chi connectivity index (χ3v) is 2.77. The Morgan fingerprint density at radius 1 is 1.24 bits per heavy atom. The normalized spacial score (nSPS) is 9.40. The van der Waals surface area contributed by atoms with Gasteiger partial charge in [-0.15, -0.1) is 0 Å². The lowest BCUT2D eigenvalue weighted by atomic mass is 10.1. The molecular formula is C19H34N2O4. The molecule has 0 radical (unpaired) electrons. The Kier molecular flexibility index (Phi) is 15.6. The monoisotopic (exact) mass is 354 g/mol. The number of nitrogens with two attached hydrogens (primary N) is 1. The molecule has 0 unspecified atom stereocenters. The minimum absolute atomic E-state index is 0.0871. The second-order valence-corrected chi connectivity index (χ2v) is 5.67. The summed E-state index contributed by atoms with van der Waals surface area (Å²) in [4.78, 5) is 12.6. The van der Waals surface area contributed by atoms with Crippen molar-refractivity contribution in [3.05, 3.63) is 35.9 Å². The fraction of sp³-hybridized carbons (Fsp3) is 0.526. The average molecular weight is 354 g/mol. The first-order valence-corrected chi connectivity index (χ1v) is 8.37. The molecule has 0 spiro atoms. The van der Waals surface area contributed by atoms with Gasteiger partial charge in [-0.3, -0.25) is 0 Å². The Labute approximate surface area is 151 Å². The van der Waals surface area contributed by atoms with E-state index in [-0.39, 0.29) is 17.5 Å². The number of nitrogens with zero attached hydrogens (tertiary/aromatic N) is 1. The van der Waals surface area contributed by atoms with Gasteiger partial charge in [0.1, 0.15) is 0 Å². The molecule has 0 aliphatic rings. The van der Waals surface area contributed by atoms with Gasteiger partial charge in [0, 0.05) is 5.57 Å². The summed E-state index contributed by atoms with van der Waals surface area (Å²) in [5.74, 6) is -0.491. The molecule has 4 N–H and O–H groups in total. The molecule has 0 amide bonds. The van der Waals surface area contributed by atoms with E-state index in [1.165, 1.54) is 25.1 Å². The van der Waals surface area contributed by atoms with Gasteiger partial charge in [-0.1, -0.05) is 19.6 Å². The zero-order chi connectivity index (χ0) is 19.8. The highest BCUT2D eigenvalue weighted by molar-refractivity contribution is 5.86. The molecule has 0 heterocycles. The third-order valence-electron chi connectivity index (χ3n) is 2.77. The van der Waals surface area contributed by atoms with Crippen LogP contribution in [0.2, 0.25) is 0 Å². The Bertz CT molecular complexity index is 502. The molecule has 0 saturated heterocycles. The minimum atomic E-state index is -0.312. The van der Waals surface area contributed by atoms with Gasteiger partial charge in [0.05, 0.1) is 6.61 Å². The number of benzene rings is 1. The number of rotatable bonds is 6. The quantitative estimate of drug-likeness (QED) is 0.413. The zero-order valence-electron chi connectivity index (χ0n) is 16.2. The van der Waals surface area contributed by atoms with Crippen LogP contribution < -0.4 is 5.73 Å². The Morgan fingerprint density at radius 3 is 2.12 bits per heavy atom. The van der Waals surface area contributed by atoms with E-state index in [9.17, 15) is 4.79 Å². The van der Waals surface area contributed by atoms with Gasteiger partial charge < -0.3 is 25.6 Å². The fourth-order valence-electron chi connectivity index (χ4n) is 1.59. The number of carbonyl (C=O) groups excluding carboxylic acids is 1. The lowest BCUT2D eigenvalue weighted by Crippen LogP contribution is -2.11. The Hall–Kier alpha value is -2.05. The molecule has 144 valence electrons. The van der Waals surface area contributed by atoms with Gasteiger partial charge in [-0.05, 0) is 71.6 Å². The highest BCUT2D eigenvalue weighted by atomic mass is 16.5. The average Bonchev–Trinajstić information content (AvgIpc) is 2.52. The van der Waals surface area contributed by atoms with Crippen molar-refractivity contribution in [1.29, 1.82) is 0 Å². The molecule has 0 aliphatic carbocycles. The summed E-state index contributed by atoms with van der Waals surface area (Å²) in [6.45, 7) is 11.1. The number of ether oxygens (including phenoxy) is 1. The molecule has 6 nitrogen and oxygen atoms in total. The van der Waals surface area contributed by atoms with Crippen LogP contribution in [0.3, 0.4) is 0 Å². The largest absolute Gasteiger partial charge is 0.504 e. The van der Waals surface area contributed by atoms with Gasteiger partial charge in [0.2, 0.25) is 0 Å². The van der Waals surface area contributed by atoms with E-state index in [4.69, 9.17) is 15.9 Å². The Balaban J connectivity index is 0. The molecule has 0 fully saturated rings. The standard InChI is InChI=1S/C8H11NO2.C6H10O2.C5H13N/c9-4-3-6-1-2-7(10)8(11)5-6;1-4-8-6(7)5(2)3;1-4-5-6(2)3/h1-2,5,10-11H,3-4,9H2;2,4H2,1,3H3;4-5H2,1-3H3. The number of aromatic hydroxyl groups is 2. The van der Waals surface area contributed by atoms with Crippen LogP contribution in [-0.2, 0) is 16.0 Å². The summed E-state index contributed by atoms with van der Waals surface area (Å²) < 4.78 is 4.56. The summed E-state index contributed by atoms with van der Waals surface area (Å²) in [7, 11) is 4.17. The fourth-order valence-corrected chi connectivity index (χ4v) is 1.59. The molecule has 1 rings (SSSR count). The van der Waals surface area contributed by atoms with E-state index < -0.39 is 0 Å². The van der Waals surface area contributed by atoms with Gasteiger partial charge in [-0.2, -0.15) is 0 Å². The lowest BCUT2D eigenvalue weighted by Gasteiger charge is -2.03. The number of hydrogen-bond donors (Lipinski definition) is 3. The van der Waals surface area contributed by atoms with E-state index in [1.54, 1.807) is 19.9 Å². The summed E-state index contributed by atoms with van der Waals surface area (Å²) in [6, 6.07) is 4.71. The topological polar surface area (TPSA) is 96.0 Å². The first kappa shape index (κ1) is 25.2. The number of phenols is 2. The Morgan fingerprint density at radius 2 is 1.84 bits per heavy atom. The van der Waals surface area contributed by atoms with Crippen molar-refractivity contribution < 1.29 is 19.7 Å². The van der Waals surface area contributed by atoms with Crippen molar-refractivity contribution in [3.8, 4) is 11.5 Å². The molecule has 1 aromatic rings. The molecule has 0 atom stereocenters. The predicted molar refractivity (Wildman–Crippen MR) is 103 cm³/mol. The summed E-state index contributed by atoms with van der Waals surface area (Å²) >= 11 is 0. The van der Waals surface area contributed by atoms with Crippen LogP contribution >= 0.6 is 0 Å². The van der Waals surface area contributed by atoms with Gasteiger partial charge in [0.15, 0.2) is 11.5 Å². The van der Waals surface area contributed by atoms with Crippen molar-refractivity contribution in [3.63, 3.8) is 0 Å². The van der Waals surface area contributed by atoms with Crippen LogP contribution in [-0.4, -0.2) is 54.9 Å². The van der Waals surface area contributed by atoms with E-state index in [2.05, 4.69) is 37.2 Å². The van der Waals surface area contributed by atoms with E-state index in [0.29, 0.717) is 25.1 Å². The van der Waals surface area contributed by atoms with E-state index >= 15 is 0 Å². The van der Waals surface area contributed by atoms with Crippen LogP contribution in [0.4, 0.5) is 0 Å². The van der Waals surface area contributed by atoms with Crippen LogP contribution in [0, 0.1) is 0 Å². The molecular weight excluding hydrogens is 320 g/mol. The van der Waals surface area contributed by atoms with Crippen molar-refractivity contribution in [2.75, 3.05) is 33.8 Å². The maximum absolute atomic E-state index is 10.4. The molecule has 0 bridgehead atoms. The minimum Gasteiger partial charge on any atom is -0.504 e. The SMILES string of the molecule is C=C(C)C(=O)OCC.CCCN(C)C.NCCc1ccc(O)c(O)c1. The number of esters is 1. The van der Waals surface area contributed by atoms with Crippen molar-refractivity contribution in [2.45, 2.75) is 33.6 Å². The van der Waals surface area contributed by atoms with Crippen LogP contribution in [0.1, 0.15) is 32.8 Å². The molecule has 0 saturated carbocycles. The number of hydrogen-bond acceptors (Lipinski definition) is 6. The van der Waals surface area contributed by atoms with Gasteiger partial charge >= 0.3 is 5.97 Å². The third kappa shape index (κ3) is 15.2. The number of carbonyl (C=O) groups is 1. The lowest BCUT2D eigenvalue weighted by molar-refractivity contribution is -0.138. The number of phenolic OH excluding ortho intramolecular Hbond substituents is 2. The highest BCUT2D eigenvalue weighted by Crippen LogP contribution is 2.24. The van der Waals surface area contributed by atoms with Crippen LogP contribution in [0.15, 0.2) is 30.4 Å². The smallest absolute Gasteiger partial charge is 0.333 e. The molecule has 25 heavy (non-hydrogen) atoms.